The summed E-state index contributed by atoms with van der Waals surface area (Å²) in [7, 11) is 0. The Morgan fingerprint density at radius 3 is 1.76 bits per heavy atom. The van der Waals surface area contributed by atoms with Crippen LogP contribution in [-0.4, -0.2) is 4.57 Å². The molecular formula is C56H36N2O. The number of fused-ring (bicyclic) bond motifs is 8. The maximum Gasteiger partial charge on any atom is 0.143 e. The van der Waals surface area contributed by atoms with Gasteiger partial charge in [0.15, 0.2) is 0 Å². The fourth-order valence-electron chi connectivity index (χ4n) is 9.15. The smallest absolute Gasteiger partial charge is 0.143 e. The van der Waals surface area contributed by atoms with E-state index in [1.807, 2.05) is 12.1 Å². The van der Waals surface area contributed by atoms with Gasteiger partial charge in [-0.2, -0.15) is 0 Å². The summed E-state index contributed by atoms with van der Waals surface area (Å²) in [6.07, 6.45) is 0. The molecule has 0 aliphatic rings. The molecule has 10 aromatic carbocycles. The number of aromatic nitrogens is 1. The Labute approximate surface area is 341 Å². The molecule has 0 unspecified atom stereocenters. The lowest BCUT2D eigenvalue weighted by molar-refractivity contribution is 0.670. The first-order valence-corrected chi connectivity index (χ1v) is 20.2. The molecule has 2 aromatic heterocycles. The van der Waals surface area contributed by atoms with Gasteiger partial charge in [-0.25, -0.2) is 0 Å². The van der Waals surface area contributed by atoms with E-state index in [9.17, 15) is 0 Å². The zero-order valence-corrected chi connectivity index (χ0v) is 32.1. The fourth-order valence-corrected chi connectivity index (χ4v) is 9.15. The lowest BCUT2D eigenvalue weighted by Crippen LogP contribution is -2.09. The summed E-state index contributed by atoms with van der Waals surface area (Å²) in [5.74, 6) is 0. The van der Waals surface area contributed by atoms with Crippen LogP contribution in [-0.2, 0) is 0 Å². The van der Waals surface area contributed by atoms with Crippen LogP contribution in [0.15, 0.2) is 223 Å². The Kier molecular flexibility index (Phi) is 7.54. The number of para-hydroxylation sites is 3. The van der Waals surface area contributed by atoms with E-state index in [0.29, 0.717) is 0 Å². The highest BCUT2D eigenvalue weighted by atomic mass is 16.3. The molecule has 0 atom stereocenters. The molecule has 0 radical (unpaired) electrons. The predicted molar refractivity (Wildman–Crippen MR) is 249 cm³/mol. The van der Waals surface area contributed by atoms with Gasteiger partial charge in [-0.3, -0.25) is 0 Å². The largest absolute Gasteiger partial charge is 0.455 e. The van der Waals surface area contributed by atoms with E-state index in [1.165, 1.54) is 60.2 Å². The van der Waals surface area contributed by atoms with E-state index in [2.05, 4.69) is 216 Å². The lowest BCUT2D eigenvalue weighted by atomic mass is 10.0. The Balaban J connectivity index is 0.947. The molecule has 0 N–H and O–H groups in total. The molecule has 0 aliphatic heterocycles. The van der Waals surface area contributed by atoms with E-state index in [-0.39, 0.29) is 0 Å². The average Bonchev–Trinajstić information content (AvgIpc) is 3.85. The number of hydrogen-bond acceptors (Lipinski definition) is 2. The second-order valence-corrected chi connectivity index (χ2v) is 15.3. The fraction of sp³-hybridized carbons (Fsp3) is 0. The molecule has 12 rings (SSSR count). The highest BCUT2D eigenvalue weighted by molar-refractivity contribution is 6.12. The molecule has 12 aromatic rings. The van der Waals surface area contributed by atoms with Crippen LogP contribution in [0.5, 0.6) is 0 Å². The van der Waals surface area contributed by atoms with Gasteiger partial charge in [0.2, 0.25) is 0 Å². The van der Waals surface area contributed by atoms with Crippen molar-refractivity contribution in [1.82, 2.24) is 4.57 Å². The van der Waals surface area contributed by atoms with Crippen molar-refractivity contribution in [2.75, 3.05) is 4.90 Å². The second-order valence-electron chi connectivity index (χ2n) is 15.3. The highest BCUT2D eigenvalue weighted by Crippen LogP contribution is 2.41. The van der Waals surface area contributed by atoms with Crippen LogP contribution in [0.25, 0.3) is 93.2 Å². The van der Waals surface area contributed by atoms with Gasteiger partial charge >= 0.3 is 0 Å². The molecule has 0 saturated carbocycles. The first-order chi connectivity index (χ1) is 29.2. The van der Waals surface area contributed by atoms with Gasteiger partial charge in [0.05, 0.1) is 16.7 Å². The van der Waals surface area contributed by atoms with Crippen molar-refractivity contribution < 1.29 is 4.42 Å². The number of hydrogen-bond donors (Lipinski definition) is 0. The number of benzene rings is 10. The first kappa shape index (κ1) is 33.3. The molecule has 3 heteroatoms. The SMILES string of the molecule is c1ccc2cc(N(c3ccc(-c4ccc5c(c4)c4ccccc4n5-c4cccc5ccccc45)cc3)c3ccc(-c4cccc5c4oc4ccccc45)cc3)ccc2c1. The van der Waals surface area contributed by atoms with E-state index >= 15 is 0 Å². The molecule has 0 aliphatic carbocycles. The number of anilines is 3. The van der Waals surface area contributed by atoms with Gasteiger partial charge in [0.25, 0.3) is 0 Å². The number of rotatable bonds is 6. The van der Waals surface area contributed by atoms with Gasteiger partial charge in [-0.05, 0) is 99.6 Å². The Morgan fingerprint density at radius 2 is 0.932 bits per heavy atom. The van der Waals surface area contributed by atoms with Crippen molar-refractivity contribution in [3.63, 3.8) is 0 Å². The molecule has 276 valence electrons. The van der Waals surface area contributed by atoms with Crippen LogP contribution in [0.3, 0.4) is 0 Å². The molecule has 59 heavy (non-hydrogen) atoms. The molecule has 0 bridgehead atoms. The predicted octanol–water partition coefficient (Wildman–Crippen LogP) is 15.8. The lowest BCUT2D eigenvalue weighted by Gasteiger charge is -2.26. The zero-order chi connectivity index (χ0) is 38.9. The van der Waals surface area contributed by atoms with Gasteiger partial charge in [0, 0.05) is 49.6 Å². The topological polar surface area (TPSA) is 21.3 Å². The molecule has 0 saturated heterocycles. The van der Waals surface area contributed by atoms with Crippen LogP contribution in [0.1, 0.15) is 0 Å². The van der Waals surface area contributed by atoms with Gasteiger partial charge < -0.3 is 13.9 Å². The van der Waals surface area contributed by atoms with Gasteiger partial charge in [-0.1, -0.05) is 152 Å². The van der Waals surface area contributed by atoms with E-state index < -0.39 is 0 Å². The van der Waals surface area contributed by atoms with Crippen LogP contribution in [0.4, 0.5) is 17.1 Å². The van der Waals surface area contributed by atoms with E-state index in [4.69, 9.17) is 4.42 Å². The van der Waals surface area contributed by atoms with Crippen molar-refractivity contribution in [3.05, 3.63) is 218 Å². The molecule has 2 heterocycles. The summed E-state index contributed by atoms with van der Waals surface area (Å²) in [6.45, 7) is 0. The standard InChI is InChI=1S/C56H36N2O/c1-2-13-41-35-45(33-25-37(41)11-1)57(44-31-26-40(27-32-44)47-18-10-19-50-49-17-6-8-22-55(49)59-56(47)50)43-29-23-38(24-30-43)42-28-34-54-51(36-42)48-16-5-7-20-53(48)58(54)52-21-9-14-39-12-3-4-15-46(39)52/h1-36H. The zero-order valence-electron chi connectivity index (χ0n) is 32.1. The molecule has 3 nitrogen and oxygen atoms in total. The minimum Gasteiger partial charge on any atom is -0.455 e. The molecule has 0 fully saturated rings. The van der Waals surface area contributed by atoms with Crippen LogP contribution >= 0.6 is 0 Å². The summed E-state index contributed by atoms with van der Waals surface area (Å²) in [6, 6.07) is 78.7. The van der Waals surface area contributed by atoms with Crippen LogP contribution in [0.2, 0.25) is 0 Å². The van der Waals surface area contributed by atoms with Crippen molar-refractivity contribution >= 4 is 82.4 Å². The molecule has 0 amide bonds. The number of furan rings is 1. The third-order valence-electron chi connectivity index (χ3n) is 12.0. The average molecular weight is 753 g/mol. The third-order valence-corrected chi connectivity index (χ3v) is 12.0. The maximum absolute atomic E-state index is 6.41. The van der Waals surface area contributed by atoms with Crippen molar-refractivity contribution in [2.24, 2.45) is 0 Å². The summed E-state index contributed by atoms with van der Waals surface area (Å²) < 4.78 is 8.83. The Hall–Kier alpha value is -7.88. The Morgan fingerprint density at radius 1 is 0.339 bits per heavy atom. The monoisotopic (exact) mass is 752 g/mol. The van der Waals surface area contributed by atoms with Crippen LogP contribution in [0, 0.1) is 0 Å². The summed E-state index contributed by atoms with van der Waals surface area (Å²) in [4.78, 5) is 2.35. The summed E-state index contributed by atoms with van der Waals surface area (Å²) >= 11 is 0. The van der Waals surface area contributed by atoms with Gasteiger partial charge in [0.1, 0.15) is 11.2 Å². The second kappa shape index (κ2) is 13.4. The first-order valence-electron chi connectivity index (χ1n) is 20.2. The number of nitrogens with zero attached hydrogens (tertiary/aromatic N) is 2. The van der Waals surface area contributed by atoms with E-state index in [0.717, 1.165) is 50.1 Å². The van der Waals surface area contributed by atoms with Gasteiger partial charge in [-0.15, -0.1) is 0 Å². The normalized spacial score (nSPS) is 11.7. The Bertz CT molecular complexity index is 3550. The highest BCUT2D eigenvalue weighted by Gasteiger charge is 2.18. The van der Waals surface area contributed by atoms with E-state index in [1.54, 1.807) is 0 Å². The minimum atomic E-state index is 0.907. The summed E-state index contributed by atoms with van der Waals surface area (Å²) in [5, 5.41) is 9.67. The van der Waals surface area contributed by atoms with Crippen molar-refractivity contribution in [2.45, 2.75) is 0 Å². The van der Waals surface area contributed by atoms with Crippen LogP contribution < -0.4 is 4.90 Å². The quantitative estimate of drug-likeness (QED) is 0.169. The van der Waals surface area contributed by atoms with Crippen molar-refractivity contribution in [1.29, 1.82) is 0 Å². The third kappa shape index (κ3) is 5.44. The van der Waals surface area contributed by atoms with Crippen molar-refractivity contribution in [3.8, 4) is 27.9 Å². The maximum atomic E-state index is 6.41. The molecule has 0 spiro atoms. The molecular weight excluding hydrogens is 717 g/mol. The summed E-state index contributed by atoms with van der Waals surface area (Å²) in [5.41, 5.74) is 13.3. The minimum absolute atomic E-state index is 0.907.